The lowest BCUT2D eigenvalue weighted by Crippen LogP contribution is -2.83. The molecule has 178 valence electrons. The van der Waals surface area contributed by atoms with Gasteiger partial charge in [-0.2, -0.15) is 5.26 Å². The maximum Gasteiger partial charge on any atom is 0.179 e. The predicted octanol–water partition coefficient (Wildman–Crippen LogP) is 3.79. The van der Waals surface area contributed by atoms with E-state index in [2.05, 4.69) is 33.0 Å². The summed E-state index contributed by atoms with van der Waals surface area (Å²) in [6.07, 6.45) is 6.68. The number of hydrogen-bond acceptors (Lipinski definition) is 6. The van der Waals surface area contributed by atoms with Gasteiger partial charge in [0.1, 0.15) is 11.7 Å². The molecular weight excluding hydrogens is 416 g/mol. The van der Waals surface area contributed by atoms with Crippen molar-refractivity contribution in [1.29, 1.82) is 5.26 Å². The van der Waals surface area contributed by atoms with Gasteiger partial charge in [0.05, 0.1) is 12.7 Å². The lowest BCUT2D eigenvalue weighted by molar-refractivity contribution is -0.309. The third-order valence-corrected chi connectivity index (χ3v) is 10.9. The topological polar surface area (TPSA) is 75.0 Å². The third kappa shape index (κ3) is 2.10. The maximum atomic E-state index is 12.1. The molecule has 1 aromatic rings. The van der Waals surface area contributed by atoms with E-state index in [9.17, 15) is 10.4 Å². The highest BCUT2D eigenvalue weighted by Crippen LogP contribution is 2.77. The molecule has 2 spiro atoms. The summed E-state index contributed by atoms with van der Waals surface area (Å²) in [7, 11) is 3.50. The SMILES string of the molecule is COc1ccc2c3c1O[C@H]1C4(OC)CC[C@@]5(C[C@@H]4[C@](C)(O)C(C)(C)C)[C@@H](C2)N(C#N)CC[C@]315. The Balaban J connectivity index is 1.66. The third-order valence-electron chi connectivity index (χ3n) is 10.9. The Kier molecular flexibility index (Phi) is 4.03. The van der Waals surface area contributed by atoms with Gasteiger partial charge in [0.2, 0.25) is 0 Å². The van der Waals surface area contributed by atoms with Gasteiger partial charge in [0.15, 0.2) is 17.7 Å². The standard InChI is InChI=1S/C27H36N2O4/c1-23(2,3)24(4,30)18-14-25-9-10-27(18,32-6)22-26(25)11-12-29(15-28)19(25)13-16-7-8-17(31-5)21(33-22)20(16)26/h7-8,18-19,22,30H,9-14H2,1-6H3/t18-,19-,22-,24+,25-,26+,27?/m1/s1. The molecule has 6 nitrogen and oxygen atoms in total. The average molecular weight is 453 g/mol. The molecule has 0 radical (unpaired) electrons. The van der Waals surface area contributed by atoms with Crippen LogP contribution in [0.15, 0.2) is 12.1 Å². The van der Waals surface area contributed by atoms with Gasteiger partial charge >= 0.3 is 0 Å². The van der Waals surface area contributed by atoms with Gasteiger partial charge in [-0.05, 0) is 56.1 Å². The first kappa shape index (κ1) is 21.6. The number of rotatable bonds is 3. The number of nitrogens with zero attached hydrogens (tertiary/aromatic N) is 2. The monoisotopic (exact) mass is 452 g/mol. The lowest BCUT2D eigenvalue weighted by Gasteiger charge is -2.75. The highest BCUT2D eigenvalue weighted by atomic mass is 16.6. The van der Waals surface area contributed by atoms with Crippen LogP contribution in [-0.2, 0) is 16.6 Å². The summed E-state index contributed by atoms with van der Waals surface area (Å²) in [4.78, 5) is 2.03. The van der Waals surface area contributed by atoms with E-state index in [1.54, 1.807) is 14.2 Å². The van der Waals surface area contributed by atoms with Crippen LogP contribution in [-0.4, -0.2) is 54.1 Å². The van der Waals surface area contributed by atoms with Crippen molar-refractivity contribution in [1.82, 2.24) is 4.90 Å². The fourth-order valence-electron chi connectivity index (χ4n) is 8.91. The molecule has 1 aromatic carbocycles. The summed E-state index contributed by atoms with van der Waals surface area (Å²) in [5.41, 5.74) is 0.315. The smallest absolute Gasteiger partial charge is 0.179 e. The molecule has 3 saturated carbocycles. The molecule has 1 unspecified atom stereocenters. The molecule has 4 aliphatic carbocycles. The molecule has 7 atom stereocenters. The molecule has 0 amide bonds. The minimum absolute atomic E-state index is 0.107. The van der Waals surface area contributed by atoms with Crippen LogP contribution >= 0.6 is 0 Å². The second kappa shape index (κ2) is 6.17. The number of nitriles is 1. The summed E-state index contributed by atoms with van der Waals surface area (Å²) < 4.78 is 19.3. The summed E-state index contributed by atoms with van der Waals surface area (Å²) in [6, 6.07) is 4.30. The second-order valence-electron chi connectivity index (χ2n) is 12.3. The summed E-state index contributed by atoms with van der Waals surface area (Å²) in [5, 5.41) is 22.2. The van der Waals surface area contributed by atoms with Gasteiger partial charge in [0, 0.05) is 42.0 Å². The number of methoxy groups -OCH3 is 2. The predicted molar refractivity (Wildman–Crippen MR) is 123 cm³/mol. The van der Waals surface area contributed by atoms with Crippen molar-refractivity contribution in [2.75, 3.05) is 20.8 Å². The Morgan fingerprint density at radius 3 is 2.58 bits per heavy atom. The van der Waals surface area contributed by atoms with Gasteiger partial charge in [-0.1, -0.05) is 26.8 Å². The Labute approximate surface area is 196 Å². The molecule has 33 heavy (non-hydrogen) atoms. The van der Waals surface area contributed by atoms with Crippen LogP contribution in [0.4, 0.5) is 0 Å². The van der Waals surface area contributed by atoms with Gasteiger partial charge in [-0.3, -0.25) is 0 Å². The zero-order valence-corrected chi connectivity index (χ0v) is 20.7. The van der Waals surface area contributed by atoms with E-state index < -0.39 is 11.2 Å². The van der Waals surface area contributed by atoms with E-state index in [0.717, 1.165) is 50.1 Å². The molecular formula is C27H36N2O4. The molecule has 7 rings (SSSR count). The fourth-order valence-corrected chi connectivity index (χ4v) is 8.91. The van der Waals surface area contributed by atoms with Crippen LogP contribution in [0.2, 0.25) is 0 Å². The van der Waals surface area contributed by atoms with Crippen molar-refractivity contribution in [3.8, 4) is 17.7 Å². The van der Waals surface area contributed by atoms with Crippen molar-refractivity contribution in [2.24, 2.45) is 16.7 Å². The Bertz CT molecular complexity index is 1070. The van der Waals surface area contributed by atoms with Crippen LogP contribution in [0.1, 0.15) is 64.5 Å². The Hall–Kier alpha value is -1.97. The van der Waals surface area contributed by atoms with Crippen molar-refractivity contribution in [2.45, 2.75) is 88.6 Å². The number of benzene rings is 1. The Morgan fingerprint density at radius 1 is 1.18 bits per heavy atom. The maximum absolute atomic E-state index is 12.1. The first-order chi connectivity index (χ1) is 15.5. The minimum atomic E-state index is -0.966. The number of fused-ring (bicyclic) bond motifs is 2. The van der Waals surface area contributed by atoms with E-state index in [-0.39, 0.29) is 34.3 Å². The number of likely N-dealkylation sites (tertiary alicyclic amines) is 1. The number of hydrogen-bond donors (Lipinski definition) is 1. The first-order valence-corrected chi connectivity index (χ1v) is 12.3. The minimum Gasteiger partial charge on any atom is -0.493 e. The normalized spacial score (nSPS) is 41.6. The zero-order valence-electron chi connectivity index (χ0n) is 20.7. The summed E-state index contributed by atoms with van der Waals surface area (Å²) >= 11 is 0. The summed E-state index contributed by atoms with van der Waals surface area (Å²) in [6.45, 7) is 9.05. The van der Waals surface area contributed by atoms with Crippen LogP contribution < -0.4 is 9.47 Å². The van der Waals surface area contributed by atoms with Crippen LogP contribution in [0, 0.1) is 28.2 Å². The molecule has 4 fully saturated rings. The van der Waals surface area contributed by atoms with E-state index in [0.29, 0.717) is 0 Å². The zero-order chi connectivity index (χ0) is 23.6. The molecule has 4 bridgehead atoms. The van der Waals surface area contributed by atoms with Crippen LogP contribution in [0.5, 0.6) is 11.5 Å². The van der Waals surface area contributed by atoms with Crippen molar-refractivity contribution in [3.05, 3.63) is 23.3 Å². The van der Waals surface area contributed by atoms with Gasteiger partial charge in [0.25, 0.3) is 0 Å². The van der Waals surface area contributed by atoms with Gasteiger partial charge in [-0.25, -0.2) is 0 Å². The number of ether oxygens (including phenoxy) is 3. The summed E-state index contributed by atoms with van der Waals surface area (Å²) in [5.74, 6) is 1.54. The molecule has 1 saturated heterocycles. The second-order valence-corrected chi connectivity index (χ2v) is 12.3. The van der Waals surface area contributed by atoms with Crippen LogP contribution in [0.3, 0.4) is 0 Å². The number of aliphatic hydroxyl groups is 1. The molecule has 6 aliphatic rings. The molecule has 6 heteroatoms. The Morgan fingerprint density at radius 2 is 1.94 bits per heavy atom. The van der Waals surface area contributed by atoms with Crippen molar-refractivity contribution < 1.29 is 19.3 Å². The largest absolute Gasteiger partial charge is 0.493 e. The van der Waals surface area contributed by atoms with E-state index in [1.165, 1.54) is 11.1 Å². The van der Waals surface area contributed by atoms with Crippen LogP contribution in [0.25, 0.3) is 0 Å². The molecule has 2 heterocycles. The van der Waals surface area contributed by atoms with Crippen molar-refractivity contribution in [3.63, 3.8) is 0 Å². The van der Waals surface area contributed by atoms with E-state index in [4.69, 9.17) is 14.2 Å². The molecule has 2 aliphatic heterocycles. The van der Waals surface area contributed by atoms with E-state index >= 15 is 0 Å². The van der Waals surface area contributed by atoms with Gasteiger partial charge < -0.3 is 24.2 Å². The average Bonchev–Trinajstić information content (AvgIpc) is 3.15. The van der Waals surface area contributed by atoms with E-state index in [1.807, 2.05) is 17.9 Å². The van der Waals surface area contributed by atoms with Crippen molar-refractivity contribution >= 4 is 0 Å². The highest BCUT2D eigenvalue weighted by molar-refractivity contribution is 5.63. The lowest BCUT2D eigenvalue weighted by atomic mass is 9.33. The highest BCUT2D eigenvalue weighted by Gasteiger charge is 2.82. The van der Waals surface area contributed by atoms with Gasteiger partial charge in [-0.15, -0.1) is 0 Å². The molecule has 0 aromatic heterocycles. The molecule has 1 N–H and O–H groups in total. The quantitative estimate of drug-likeness (QED) is 0.704. The fraction of sp³-hybridized carbons (Fsp3) is 0.741. The number of piperidine rings is 1. The first-order valence-electron chi connectivity index (χ1n) is 12.3.